The molecule has 0 spiro atoms. The van der Waals surface area contributed by atoms with Gasteiger partial charge in [-0.05, 0) is 13.8 Å². The Morgan fingerprint density at radius 2 is 2.00 bits per heavy atom. The van der Waals surface area contributed by atoms with Gasteiger partial charge in [0.25, 0.3) is 0 Å². The van der Waals surface area contributed by atoms with Gasteiger partial charge in [0.05, 0.1) is 16.5 Å². The average molecular weight is 277 g/mol. The van der Waals surface area contributed by atoms with E-state index in [1.165, 1.54) is 9.18 Å². The molecule has 0 atom stereocenters. The van der Waals surface area contributed by atoms with E-state index in [0.717, 1.165) is 10.7 Å². The van der Waals surface area contributed by atoms with Crippen LogP contribution in [0.5, 0.6) is 0 Å². The van der Waals surface area contributed by atoms with Crippen molar-refractivity contribution >= 4 is 21.4 Å². The Hall–Kier alpha value is -0.500. The Morgan fingerprint density at radius 1 is 1.35 bits per heavy atom. The van der Waals surface area contributed by atoms with Gasteiger partial charge in [0.1, 0.15) is 0 Å². The van der Waals surface area contributed by atoms with Crippen LogP contribution >= 0.6 is 11.3 Å². The maximum Gasteiger partial charge on any atom is 0.214 e. The van der Waals surface area contributed by atoms with E-state index < -0.39 is 10.0 Å². The lowest BCUT2D eigenvalue weighted by atomic mass is 10.4. The topological polar surface area (TPSA) is 62.3 Å². The highest BCUT2D eigenvalue weighted by Gasteiger charge is 2.12. The van der Waals surface area contributed by atoms with Gasteiger partial charge in [0, 0.05) is 32.1 Å². The minimum Gasteiger partial charge on any atom is -0.311 e. The summed E-state index contributed by atoms with van der Waals surface area (Å²) < 4.78 is 24.2. The second-order valence-corrected chi connectivity index (χ2v) is 7.61. The predicted octanol–water partition coefficient (Wildman–Crippen LogP) is 0.741. The zero-order valence-corrected chi connectivity index (χ0v) is 12.3. The molecule has 0 saturated heterocycles. The lowest BCUT2D eigenvalue weighted by Crippen LogP contribution is -2.30. The molecule has 0 radical (unpaired) electrons. The van der Waals surface area contributed by atoms with Crippen LogP contribution in [0.15, 0.2) is 0 Å². The van der Waals surface area contributed by atoms with Gasteiger partial charge in [-0.1, -0.05) is 0 Å². The lowest BCUT2D eigenvalue weighted by molar-refractivity contribution is 0.517. The van der Waals surface area contributed by atoms with Crippen molar-refractivity contribution in [3.8, 4) is 0 Å². The molecule has 7 heteroatoms. The van der Waals surface area contributed by atoms with Crippen LogP contribution in [0.25, 0.3) is 0 Å². The molecule has 0 aliphatic heterocycles. The van der Waals surface area contributed by atoms with Gasteiger partial charge < -0.3 is 5.32 Å². The number of hydrogen-bond acceptors (Lipinski definition) is 5. The summed E-state index contributed by atoms with van der Waals surface area (Å²) in [4.78, 5) is 5.49. The van der Waals surface area contributed by atoms with Gasteiger partial charge in [0.2, 0.25) is 10.0 Å². The van der Waals surface area contributed by atoms with Gasteiger partial charge >= 0.3 is 0 Å². The maximum atomic E-state index is 11.5. The zero-order valence-electron chi connectivity index (χ0n) is 10.6. The molecule has 0 unspecified atom stereocenters. The number of rotatable bonds is 6. The highest BCUT2D eigenvalue weighted by atomic mass is 32.2. The smallest absolute Gasteiger partial charge is 0.214 e. The predicted molar refractivity (Wildman–Crippen MR) is 70.8 cm³/mol. The van der Waals surface area contributed by atoms with E-state index in [0.29, 0.717) is 13.1 Å². The molecule has 0 aliphatic rings. The van der Waals surface area contributed by atoms with Crippen molar-refractivity contribution in [1.82, 2.24) is 14.6 Å². The van der Waals surface area contributed by atoms with Crippen LogP contribution in [-0.2, 0) is 16.6 Å². The third-order valence-corrected chi connectivity index (χ3v) is 5.28. The molecule has 1 heterocycles. The normalized spacial score (nSPS) is 12.3. The minimum atomic E-state index is -3.10. The first-order valence-corrected chi connectivity index (χ1v) is 7.79. The summed E-state index contributed by atoms with van der Waals surface area (Å²) in [6.45, 7) is 5.08. The van der Waals surface area contributed by atoms with Crippen molar-refractivity contribution in [3.63, 3.8) is 0 Å². The summed E-state index contributed by atoms with van der Waals surface area (Å²) in [7, 11) is -0.00363. The van der Waals surface area contributed by atoms with Crippen molar-refractivity contribution in [3.05, 3.63) is 15.6 Å². The van der Waals surface area contributed by atoms with Gasteiger partial charge in [0.15, 0.2) is 0 Å². The average Bonchev–Trinajstić information content (AvgIpc) is 2.52. The number of hydrogen-bond donors (Lipinski definition) is 1. The van der Waals surface area contributed by atoms with Crippen LogP contribution in [0, 0.1) is 13.8 Å². The van der Waals surface area contributed by atoms with E-state index >= 15 is 0 Å². The van der Waals surface area contributed by atoms with Crippen molar-refractivity contribution in [2.75, 3.05) is 26.4 Å². The van der Waals surface area contributed by atoms with Crippen LogP contribution in [0.2, 0.25) is 0 Å². The molecule has 17 heavy (non-hydrogen) atoms. The van der Waals surface area contributed by atoms with E-state index in [2.05, 4.69) is 10.3 Å². The molecular formula is C10H19N3O2S2. The Morgan fingerprint density at radius 3 is 2.47 bits per heavy atom. The van der Waals surface area contributed by atoms with Crippen molar-refractivity contribution in [2.24, 2.45) is 0 Å². The van der Waals surface area contributed by atoms with Crippen molar-refractivity contribution in [1.29, 1.82) is 0 Å². The molecule has 5 nitrogen and oxygen atoms in total. The fourth-order valence-electron chi connectivity index (χ4n) is 1.32. The molecule has 0 amide bonds. The molecule has 1 aromatic heterocycles. The Kier molecular flexibility index (Phi) is 5.05. The first kappa shape index (κ1) is 14.6. The molecule has 0 bridgehead atoms. The number of nitrogens with zero attached hydrogens (tertiary/aromatic N) is 2. The van der Waals surface area contributed by atoms with Crippen LogP contribution < -0.4 is 5.32 Å². The molecule has 0 saturated carbocycles. The summed E-state index contributed by atoms with van der Waals surface area (Å²) in [5.41, 5.74) is 1.02. The number of nitrogens with one attached hydrogen (secondary N) is 1. The van der Waals surface area contributed by atoms with E-state index in [1.807, 2.05) is 13.8 Å². The zero-order chi connectivity index (χ0) is 13.1. The quantitative estimate of drug-likeness (QED) is 0.779. The number of aryl methyl sites for hydroxylation is 2. The number of sulfonamides is 1. The van der Waals surface area contributed by atoms with E-state index in [4.69, 9.17) is 0 Å². The molecule has 1 rings (SSSR count). The highest BCUT2D eigenvalue weighted by Crippen LogP contribution is 2.16. The molecular weight excluding hydrogens is 258 g/mol. The van der Waals surface area contributed by atoms with E-state index in [1.54, 1.807) is 25.4 Å². The van der Waals surface area contributed by atoms with Crippen LogP contribution in [-0.4, -0.2) is 44.1 Å². The molecule has 98 valence electrons. The molecule has 1 aromatic rings. The summed E-state index contributed by atoms with van der Waals surface area (Å²) >= 11 is 1.65. The third-order valence-electron chi connectivity index (χ3n) is 2.38. The molecule has 0 fully saturated rings. The molecule has 1 N–H and O–H groups in total. The number of aromatic nitrogens is 1. The highest BCUT2D eigenvalue weighted by molar-refractivity contribution is 7.89. The molecule has 0 aromatic carbocycles. The summed E-state index contributed by atoms with van der Waals surface area (Å²) in [6.07, 6.45) is 0. The van der Waals surface area contributed by atoms with Crippen LogP contribution in [0.1, 0.15) is 15.6 Å². The van der Waals surface area contributed by atoms with Gasteiger partial charge in [-0.3, -0.25) is 0 Å². The van der Waals surface area contributed by atoms with Crippen molar-refractivity contribution in [2.45, 2.75) is 20.4 Å². The Balaban J connectivity index is 2.37. The third kappa shape index (κ3) is 4.34. The lowest BCUT2D eigenvalue weighted by Gasteiger charge is -2.11. The summed E-state index contributed by atoms with van der Waals surface area (Å²) in [6, 6.07) is 0. The second-order valence-electron chi connectivity index (χ2n) is 4.02. The monoisotopic (exact) mass is 277 g/mol. The summed E-state index contributed by atoms with van der Waals surface area (Å²) in [5.74, 6) is 0.122. The largest absolute Gasteiger partial charge is 0.311 e. The SMILES string of the molecule is Cc1nc(C)c(CNCCS(=O)(=O)N(C)C)s1. The van der Waals surface area contributed by atoms with Gasteiger partial charge in [-0.25, -0.2) is 17.7 Å². The fraction of sp³-hybridized carbons (Fsp3) is 0.700. The number of thiazole rings is 1. The minimum absolute atomic E-state index is 0.122. The first-order valence-electron chi connectivity index (χ1n) is 5.37. The standard InChI is InChI=1S/C10H19N3O2S2/c1-8-10(16-9(2)12-8)7-11-5-6-17(14,15)13(3)4/h11H,5-7H2,1-4H3. The first-order chi connectivity index (χ1) is 7.83. The fourth-order valence-corrected chi connectivity index (χ4v) is 3.00. The van der Waals surface area contributed by atoms with Gasteiger partial charge in [-0.15, -0.1) is 11.3 Å². The maximum absolute atomic E-state index is 11.5. The van der Waals surface area contributed by atoms with Crippen molar-refractivity contribution < 1.29 is 8.42 Å². The molecule has 0 aliphatic carbocycles. The second kappa shape index (κ2) is 5.90. The Bertz CT molecular complexity index is 466. The Labute approximate surface area is 107 Å². The van der Waals surface area contributed by atoms with Gasteiger partial charge in [-0.2, -0.15) is 0 Å². The van der Waals surface area contributed by atoms with Crippen LogP contribution in [0.3, 0.4) is 0 Å². The summed E-state index contributed by atoms with van der Waals surface area (Å²) in [5, 5.41) is 4.17. The van der Waals surface area contributed by atoms with Crippen LogP contribution in [0.4, 0.5) is 0 Å². The van der Waals surface area contributed by atoms with E-state index in [9.17, 15) is 8.42 Å². The van der Waals surface area contributed by atoms with E-state index in [-0.39, 0.29) is 5.75 Å².